The Hall–Kier alpha value is -2.22. The molecule has 0 amide bonds. The van der Waals surface area contributed by atoms with Gasteiger partial charge in [-0.1, -0.05) is 109 Å². The van der Waals surface area contributed by atoms with Crippen LogP contribution in [0.25, 0.3) is 0 Å². The third kappa shape index (κ3) is 15.3. The maximum Gasteiger partial charge on any atom is 0.0362 e. The molecule has 1 heterocycles. The van der Waals surface area contributed by atoms with Crippen LogP contribution in [-0.4, -0.2) is 25.0 Å². The highest BCUT2D eigenvalue weighted by Crippen LogP contribution is 2.28. The molecule has 216 valence electrons. The van der Waals surface area contributed by atoms with E-state index in [0.717, 1.165) is 31.8 Å². The van der Waals surface area contributed by atoms with Crippen molar-refractivity contribution in [2.24, 2.45) is 17.3 Å². The van der Waals surface area contributed by atoms with Gasteiger partial charge in [-0.15, -0.1) is 0 Å². The second-order valence-electron chi connectivity index (χ2n) is 11.2. The van der Waals surface area contributed by atoms with Crippen molar-refractivity contribution in [2.45, 2.75) is 108 Å². The molecule has 0 aromatic carbocycles. The number of rotatable bonds is 10. The zero-order valence-electron chi connectivity index (χ0n) is 27.0. The predicted molar refractivity (Wildman–Crippen MR) is 174 cm³/mol. The van der Waals surface area contributed by atoms with Gasteiger partial charge in [-0.25, -0.2) is 0 Å². The smallest absolute Gasteiger partial charge is 0.0362 e. The molecule has 0 aromatic heterocycles. The van der Waals surface area contributed by atoms with Gasteiger partial charge in [-0.2, -0.15) is 0 Å². The lowest BCUT2D eigenvalue weighted by molar-refractivity contribution is 0.224. The Morgan fingerprint density at radius 2 is 1.74 bits per heavy atom. The number of hydrogen-bond acceptors (Lipinski definition) is 2. The maximum absolute atomic E-state index is 3.26. The van der Waals surface area contributed by atoms with Crippen LogP contribution in [0.5, 0.6) is 0 Å². The Morgan fingerprint density at radius 1 is 1.08 bits per heavy atom. The van der Waals surface area contributed by atoms with Gasteiger partial charge in [0.05, 0.1) is 0 Å². The SMILES string of the molecule is CC.CC.C\C=C/C(=C\C=C\C(C)(C)C)N1CCC(CCC(/C=C\CC2=C(C)C=CC(C)C2)=C/NC)CC1. The lowest BCUT2D eigenvalue weighted by Crippen LogP contribution is -2.32. The summed E-state index contributed by atoms with van der Waals surface area (Å²) in [5.74, 6) is 1.49. The molecular weight excluding hydrogens is 460 g/mol. The highest BCUT2D eigenvalue weighted by Gasteiger charge is 2.20. The Balaban J connectivity index is 0.00000326. The first-order valence-electron chi connectivity index (χ1n) is 15.4. The minimum atomic E-state index is 0.221. The first kappa shape index (κ1) is 35.8. The lowest BCUT2D eigenvalue weighted by Gasteiger charge is -2.34. The summed E-state index contributed by atoms with van der Waals surface area (Å²) in [5.41, 5.74) is 6.03. The van der Waals surface area contributed by atoms with Gasteiger partial charge in [-0.3, -0.25) is 0 Å². The molecule has 0 radical (unpaired) electrons. The van der Waals surface area contributed by atoms with Crippen molar-refractivity contribution < 1.29 is 0 Å². The van der Waals surface area contributed by atoms with E-state index in [1.807, 2.05) is 34.7 Å². The molecule has 38 heavy (non-hydrogen) atoms. The normalized spacial score (nSPS) is 19.7. The Labute approximate surface area is 238 Å². The molecule has 2 aliphatic rings. The van der Waals surface area contributed by atoms with E-state index in [2.05, 4.69) is 113 Å². The monoisotopic (exact) mass is 522 g/mol. The topological polar surface area (TPSA) is 15.3 Å². The average Bonchev–Trinajstić information content (AvgIpc) is 2.91. The number of allylic oxidation sites excluding steroid dienone is 12. The third-order valence-corrected chi connectivity index (χ3v) is 6.85. The summed E-state index contributed by atoms with van der Waals surface area (Å²) < 4.78 is 0. The number of nitrogens with zero attached hydrogens (tertiary/aromatic N) is 1. The van der Waals surface area contributed by atoms with Crippen molar-refractivity contribution in [3.63, 3.8) is 0 Å². The summed E-state index contributed by atoms with van der Waals surface area (Å²) >= 11 is 0. The van der Waals surface area contributed by atoms with Crippen molar-refractivity contribution in [3.8, 4) is 0 Å². The first-order valence-corrected chi connectivity index (χ1v) is 15.4. The Kier molecular flexibility index (Phi) is 19.5. The van der Waals surface area contributed by atoms with Crippen LogP contribution >= 0.6 is 0 Å². The van der Waals surface area contributed by atoms with Crippen LogP contribution in [0.15, 0.2) is 83.3 Å². The molecule has 1 N–H and O–H groups in total. The summed E-state index contributed by atoms with van der Waals surface area (Å²) in [5, 5.41) is 3.26. The van der Waals surface area contributed by atoms with Gasteiger partial charge in [-0.05, 0) is 93.5 Å². The molecule has 0 spiro atoms. The predicted octanol–water partition coefficient (Wildman–Crippen LogP) is 10.6. The van der Waals surface area contributed by atoms with E-state index in [1.165, 1.54) is 42.5 Å². The second kappa shape index (κ2) is 20.7. The Morgan fingerprint density at radius 3 is 2.32 bits per heavy atom. The van der Waals surface area contributed by atoms with E-state index in [4.69, 9.17) is 0 Å². The highest BCUT2D eigenvalue weighted by molar-refractivity contribution is 5.31. The fourth-order valence-electron chi connectivity index (χ4n) is 4.75. The van der Waals surface area contributed by atoms with Crippen molar-refractivity contribution in [3.05, 3.63) is 83.3 Å². The number of piperidine rings is 1. The molecule has 0 saturated carbocycles. The van der Waals surface area contributed by atoms with E-state index in [9.17, 15) is 0 Å². The van der Waals surface area contributed by atoms with Gasteiger partial charge in [0.1, 0.15) is 0 Å². The van der Waals surface area contributed by atoms with E-state index in [1.54, 1.807) is 5.57 Å². The zero-order valence-corrected chi connectivity index (χ0v) is 27.0. The first-order chi connectivity index (χ1) is 18.2. The summed E-state index contributed by atoms with van der Waals surface area (Å²) in [6.07, 6.45) is 30.0. The van der Waals surface area contributed by atoms with E-state index in [0.29, 0.717) is 5.92 Å². The lowest BCUT2D eigenvalue weighted by atomic mass is 9.88. The Bertz CT molecular complexity index is 831. The van der Waals surface area contributed by atoms with Crippen LogP contribution in [0.3, 0.4) is 0 Å². The third-order valence-electron chi connectivity index (χ3n) is 6.85. The number of hydrogen-bond donors (Lipinski definition) is 1. The molecule has 1 aliphatic heterocycles. The van der Waals surface area contributed by atoms with Gasteiger partial charge in [0, 0.05) is 25.8 Å². The summed E-state index contributed by atoms with van der Waals surface area (Å²) in [6, 6.07) is 0. The van der Waals surface area contributed by atoms with Crippen LogP contribution in [0, 0.1) is 17.3 Å². The fraction of sp³-hybridized carbons (Fsp3) is 0.611. The summed E-state index contributed by atoms with van der Waals surface area (Å²) in [6.45, 7) is 23.7. The zero-order chi connectivity index (χ0) is 29.0. The fourth-order valence-corrected chi connectivity index (χ4v) is 4.75. The summed E-state index contributed by atoms with van der Waals surface area (Å²) in [7, 11) is 2.01. The molecule has 2 heteroatoms. The molecule has 0 bridgehead atoms. The van der Waals surface area contributed by atoms with Crippen LogP contribution in [0.2, 0.25) is 0 Å². The van der Waals surface area contributed by atoms with Gasteiger partial charge >= 0.3 is 0 Å². The van der Waals surface area contributed by atoms with Crippen molar-refractivity contribution >= 4 is 0 Å². The van der Waals surface area contributed by atoms with Crippen LogP contribution in [-0.2, 0) is 0 Å². The standard InChI is InChI=1S/C32H50N2.2C2H6/c1-8-11-31(14-10-21-32(4,5)6)34-22-19-28(20-23-34)17-18-29(25-33-7)12-9-13-30-24-26(2)15-16-27(30)3;2*1-2/h8-12,14-16,21,25-26,28,33H,13,17-20,22-24H2,1-7H3;2*1-2H3/b11-8-,12-9-,21-10+,29-25+,31-14+;;. The second-order valence-corrected chi connectivity index (χ2v) is 11.2. The molecule has 1 aliphatic carbocycles. The van der Waals surface area contributed by atoms with Crippen LogP contribution in [0.1, 0.15) is 108 Å². The van der Waals surface area contributed by atoms with E-state index in [-0.39, 0.29) is 5.41 Å². The molecule has 2 rings (SSSR count). The van der Waals surface area contributed by atoms with Crippen molar-refractivity contribution in [2.75, 3.05) is 20.1 Å². The minimum absolute atomic E-state index is 0.221. The van der Waals surface area contributed by atoms with Gasteiger partial charge < -0.3 is 10.2 Å². The van der Waals surface area contributed by atoms with Gasteiger partial charge in [0.15, 0.2) is 0 Å². The summed E-state index contributed by atoms with van der Waals surface area (Å²) in [4.78, 5) is 2.56. The largest absolute Gasteiger partial charge is 0.394 e. The van der Waals surface area contributed by atoms with Gasteiger partial charge in [0.25, 0.3) is 0 Å². The molecule has 1 atom stereocenters. The van der Waals surface area contributed by atoms with E-state index >= 15 is 0 Å². The molecule has 1 unspecified atom stereocenters. The average molecular weight is 523 g/mol. The molecule has 1 fully saturated rings. The van der Waals surface area contributed by atoms with Gasteiger partial charge in [0.2, 0.25) is 0 Å². The quantitative estimate of drug-likeness (QED) is 0.287. The molecular formula is C36H62N2. The molecule has 2 nitrogen and oxygen atoms in total. The maximum atomic E-state index is 3.26. The van der Waals surface area contributed by atoms with Crippen LogP contribution < -0.4 is 5.32 Å². The number of likely N-dealkylation sites (tertiary alicyclic amines) is 1. The minimum Gasteiger partial charge on any atom is -0.394 e. The molecule has 0 aromatic rings. The van der Waals surface area contributed by atoms with Crippen LogP contribution in [0.4, 0.5) is 0 Å². The van der Waals surface area contributed by atoms with E-state index < -0.39 is 0 Å². The van der Waals surface area contributed by atoms with Crippen molar-refractivity contribution in [1.82, 2.24) is 10.2 Å². The highest BCUT2D eigenvalue weighted by atomic mass is 15.1. The number of nitrogens with one attached hydrogen (secondary N) is 1. The van der Waals surface area contributed by atoms with Crippen molar-refractivity contribution in [1.29, 1.82) is 0 Å². The molecule has 1 saturated heterocycles.